The lowest BCUT2D eigenvalue weighted by molar-refractivity contribution is -0.287. The summed E-state index contributed by atoms with van der Waals surface area (Å²) in [6.07, 6.45) is -5.37. The average Bonchev–Trinajstić information content (AvgIpc) is 2.67. The minimum Gasteiger partial charge on any atom is -0.497 e. The number of ether oxygens (including phenoxy) is 1. The summed E-state index contributed by atoms with van der Waals surface area (Å²) in [7, 11) is 1.39. The number of nitrogens with one attached hydrogen (secondary N) is 2. The van der Waals surface area contributed by atoms with Crippen molar-refractivity contribution in [3.05, 3.63) is 65.5 Å². The second-order valence-electron chi connectivity index (χ2n) is 6.46. The maximum Gasteiger partial charge on any atom is 0.437 e. The number of amides is 2. The molecule has 1 aliphatic heterocycles. The summed E-state index contributed by atoms with van der Waals surface area (Å²) in [5.74, 6) is -3.59. The van der Waals surface area contributed by atoms with Crippen LogP contribution in [-0.4, -0.2) is 35.9 Å². The van der Waals surface area contributed by atoms with Crippen molar-refractivity contribution in [3.8, 4) is 5.75 Å². The van der Waals surface area contributed by atoms with Crippen LogP contribution in [0.5, 0.6) is 5.75 Å². The fraction of sp³-hybridized carbons (Fsp3) is 0.263. The van der Waals surface area contributed by atoms with E-state index in [9.17, 15) is 32.3 Å². The van der Waals surface area contributed by atoms with Gasteiger partial charge in [-0.25, -0.2) is 9.18 Å². The lowest BCUT2D eigenvalue weighted by Gasteiger charge is -2.45. The Morgan fingerprint density at radius 2 is 1.69 bits per heavy atom. The van der Waals surface area contributed by atoms with Crippen molar-refractivity contribution in [1.29, 1.82) is 0 Å². The number of aliphatic hydroxyl groups is 1. The Bertz CT molecular complexity index is 915. The summed E-state index contributed by atoms with van der Waals surface area (Å²) < 4.78 is 59.5. The highest BCUT2D eigenvalue weighted by Crippen LogP contribution is 2.44. The zero-order valence-corrected chi connectivity index (χ0v) is 15.0. The first kappa shape index (κ1) is 20.6. The normalized spacial score (nSPS) is 24.4. The number of methoxy groups -OCH3 is 1. The van der Waals surface area contributed by atoms with Gasteiger partial charge in [-0.1, -0.05) is 12.1 Å². The van der Waals surface area contributed by atoms with E-state index in [0.29, 0.717) is 5.75 Å². The van der Waals surface area contributed by atoms with Crippen LogP contribution in [-0.2, 0) is 0 Å². The lowest BCUT2D eigenvalue weighted by Crippen LogP contribution is -2.72. The van der Waals surface area contributed by atoms with Crippen molar-refractivity contribution < 1.29 is 37.0 Å². The molecule has 2 aromatic carbocycles. The molecule has 0 unspecified atom stereocenters. The SMILES string of the molecule is COc1ccc([C@H]2NC(=O)N[C@](O)(C(F)(F)F)[C@@H]2C(=O)c2ccc(F)cc2)cc1. The van der Waals surface area contributed by atoms with Crippen LogP contribution in [0.3, 0.4) is 0 Å². The topological polar surface area (TPSA) is 87.7 Å². The molecule has 1 heterocycles. The van der Waals surface area contributed by atoms with Gasteiger partial charge in [-0.05, 0) is 42.0 Å². The molecule has 2 amide bonds. The number of carbonyl (C=O) groups excluding carboxylic acids is 2. The second-order valence-corrected chi connectivity index (χ2v) is 6.46. The number of Topliss-reactive ketones (excluding diaryl/α,β-unsaturated/α-hetero) is 1. The van der Waals surface area contributed by atoms with Gasteiger partial charge < -0.3 is 20.5 Å². The van der Waals surface area contributed by atoms with Gasteiger partial charge in [-0.2, -0.15) is 13.2 Å². The summed E-state index contributed by atoms with van der Waals surface area (Å²) >= 11 is 0. The van der Waals surface area contributed by atoms with E-state index in [1.807, 2.05) is 0 Å². The Hall–Kier alpha value is -3.14. The van der Waals surface area contributed by atoms with Gasteiger partial charge >= 0.3 is 12.2 Å². The zero-order chi connectivity index (χ0) is 21.4. The molecule has 29 heavy (non-hydrogen) atoms. The molecule has 154 valence electrons. The van der Waals surface area contributed by atoms with Gasteiger partial charge in [0.1, 0.15) is 17.5 Å². The van der Waals surface area contributed by atoms with Gasteiger partial charge in [-0.3, -0.25) is 4.79 Å². The van der Waals surface area contributed by atoms with Crippen molar-refractivity contribution in [2.45, 2.75) is 17.9 Å². The highest BCUT2D eigenvalue weighted by atomic mass is 19.4. The van der Waals surface area contributed by atoms with Crippen LogP contribution in [0.25, 0.3) is 0 Å². The predicted octanol–water partition coefficient (Wildman–Crippen LogP) is 2.94. The van der Waals surface area contributed by atoms with E-state index >= 15 is 0 Å². The number of rotatable bonds is 4. The van der Waals surface area contributed by atoms with Crippen LogP contribution < -0.4 is 15.4 Å². The Labute approximate surface area is 162 Å². The first-order chi connectivity index (χ1) is 13.6. The average molecular weight is 412 g/mol. The Morgan fingerprint density at radius 3 is 2.21 bits per heavy atom. The number of alkyl halides is 3. The van der Waals surface area contributed by atoms with Gasteiger partial charge in [0.15, 0.2) is 5.78 Å². The van der Waals surface area contributed by atoms with E-state index in [4.69, 9.17) is 4.74 Å². The molecule has 3 N–H and O–H groups in total. The van der Waals surface area contributed by atoms with Gasteiger partial charge in [0.25, 0.3) is 0 Å². The molecule has 10 heteroatoms. The molecular weight excluding hydrogens is 396 g/mol. The fourth-order valence-electron chi connectivity index (χ4n) is 3.22. The minimum atomic E-state index is -5.37. The number of hydrogen-bond acceptors (Lipinski definition) is 4. The maximum absolute atomic E-state index is 13.8. The van der Waals surface area contributed by atoms with Crippen molar-refractivity contribution in [2.75, 3.05) is 7.11 Å². The molecule has 1 fully saturated rings. The highest BCUT2D eigenvalue weighted by molar-refractivity contribution is 6.00. The van der Waals surface area contributed by atoms with E-state index in [-0.39, 0.29) is 11.1 Å². The van der Waals surface area contributed by atoms with Crippen LogP contribution in [0.15, 0.2) is 48.5 Å². The molecule has 0 radical (unpaired) electrons. The standard InChI is InChI=1S/C19H16F4N2O4/c1-29-13-8-4-10(5-9-13)15-14(16(26)11-2-6-12(20)7-3-11)18(28,19(21,22)23)25-17(27)24-15/h2-9,14-15,28H,1H3,(H2,24,25,27)/t14-,15+,18+/m0/s1. The highest BCUT2D eigenvalue weighted by Gasteiger charge is 2.66. The molecular formula is C19H16F4N2O4. The van der Waals surface area contributed by atoms with Crippen LogP contribution in [0.1, 0.15) is 22.0 Å². The second kappa shape index (κ2) is 7.36. The molecule has 3 atom stereocenters. The summed E-state index contributed by atoms with van der Waals surface area (Å²) in [5, 5.41) is 14.1. The Balaban J connectivity index is 2.13. The predicted molar refractivity (Wildman–Crippen MR) is 92.6 cm³/mol. The van der Waals surface area contributed by atoms with Crippen molar-refractivity contribution >= 4 is 11.8 Å². The van der Waals surface area contributed by atoms with Crippen LogP contribution >= 0.6 is 0 Å². The quantitative estimate of drug-likeness (QED) is 0.532. The van der Waals surface area contributed by atoms with Gasteiger partial charge in [0.05, 0.1) is 13.2 Å². The van der Waals surface area contributed by atoms with E-state index in [0.717, 1.165) is 24.3 Å². The molecule has 3 rings (SSSR count). The lowest BCUT2D eigenvalue weighted by atomic mass is 9.77. The molecule has 2 aromatic rings. The molecule has 1 aliphatic rings. The molecule has 6 nitrogen and oxygen atoms in total. The molecule has 0 saturated carbocycles. The molecule has 0 bridgehead atoms. The third kappa shape index (κ3) is 3.75. The zero-order valence-electron chi connectivity index (χ0n) is 15.0. The van der Waals surface area contributed by atoms with Crippen LogP contribution in [0.4, 0.5) is 22.4 Å². The monoisotopic (exact) mass is 412 g/mol. The summed E-state index contributed by atoms with van der Waals surface area (Å²) in [5.41, 5.74) is -3.95. The van der Waals surface area contributed by atoms with E-state index in [2.05, 4.69) is 5.32 Å². The van der Waals surface area contributed by atoms with Gasteiger partial charge in [0.2, 0.25) is 5.72 Å². The third-order valence-corrected chi connectivity index (χ3v) is 4.69. The number of benzene rings is 2. The van der Waals surface area contributed by atoms with Gasteiger partial charge in [-0.15, -0.1) is 0 Å². The summed E-state index contributed by atoms with van der Waals surface area (Å²) in [4.78, 5) is 24.9. The van der Waals surface area contributed by atoms with Crippen molar-refractivity contribution in [3.63, 3.8) is 0 Å². The molecule has 0 spiro atoms. The maximum atomic E-state index is 13.8. The summed E-state index contributed by atoms with van der Waals surface area (Å²) in [6, 6.07) is 6.66. The molecule has 1 saturated heterocycles. The van der Waals surface area contributed by atoms with Crippen LogP contribution in [0.2, 0.25) is 0 Å². The van der Waals surface area contributed by atoms with Crippen LogP contribution in [0, 0.1) is 11.7 Å². The first-order valence-corrected chi connectivity index (χ1v) is 8.38. The third-order valence-electron chi connectivity index (χ3n) is 4.69. The van der Waals surface area contributed by atoms with E-state index in [1.54, 1.807) is 0 Å². The van der Waals surface area contributed by atoms with Gasteiger partial charge in [0, 0.05) is 5.56 Å². The number of urea groups is 1. The van der Waals surface area contributed by atoms with E-state index < -0.39 is 41.5 Å². The van der Waals surface area contributed by atoms with E-state index in [1.165, 1.54) is 36.7 Å². The molecule has 0 aliphatic carbocycles. The fourth-order valence-corrected chi connectivity index (χ4v) is 3.22. The minimum absolute atomic E-state index is 0.142. The van der Waals surface area contributed by atoms with Crippen molar-refractivity contribution in [2.24, 2.45) is 5.92 Å². The smallest absolute Gasteiger partial charge is 0.437 e. The van der Waals surface area contributed by atoms with Crippen molar-refractivity contribution in [1.82, 2.24) is 10.6 Å². The number of halogens is 4. The number of carbonyl (C=O) groups is 2. The largest absolute Gasteiger partial charge is 0.497 e. The molecule has 0 aromatic heterocycles. The Kier molecular flexibility index (Phi) is 5.22. The number of ketones is 1. The summed E-state index contributed by atoms with van der Waals surface area (Å²) in [6.45, 7) is 0. The first-order valence-electron chi connectivity index (χ1n) is 8.38. The number of hydrogen-bond donors (Lipinski definition) is 3. The Morgan fingerprint density at radius 1 is 1.10 bits per heavy atom.